The normalized spacial score (nSPS) is 29.2. The van der Waals surface area contributed by atoms with Crippen molar-refractivity contribution in [1.29, 1.82) is 5.26 Å². The number of carbonyl (C=O) groups is 2. The smallest absolute Gasteiger partial charge is 0.416 e. The third-order valence-corrected chi connectivity index (χ3v) is 11.7. The molecule has 0 bridgehead atoms. The highest BCUT2D eigenvalue weighted by atomic mass is 19.4. The molecule has 3 saturated heterocycles. The number of alkyl halides is 4. The maximum atomic E-state index is 17.9. The Hall–Kier alpha value is -3.89. The van der Waals surface area contributed by atoms with Crippen LogP contribution in [0.2, 0.25) is 0 Å². The zero-order valence-electron chi connectivity index (χ0n) is 29.1. The Morgan fingerprint density at radius 2 is 1.69 bits per heavy atom. The van der Waals surface area contributed by atoms with Gasteiger partial charge in [-0.15, -0.1) is 0 Å². The van der Waals surface area contributed by atoms with Crippen LogP contribution in [-0.2, 0) is 20.5 Å². The predicted molar refractivity (Wildman–Crippen MR) is 181 cm³/mol. The molecule has 13 heteroatoms. The largest absolute Gasteiger partial charge is 0.497 e. The molecular formula is C38H46F4N4O5. The fourth-order valence-corrected chi connectivity index (χ4v) is 8.81. The predicted octanol–water partition coefficient (Wildman–Crippen LogP) is 6.24. The van der Waals surface area contributed by atoms with E-state index in [1.807, 2.05) is 4.90 Å². The summed E-state index contributed by atoms with van der Waals surface area (Å²) in [5, 5.41) is 18.9. The molecule has 3 aliphatic heterocycles. The summed E-state index contributed by atoms with van der Waals surface area (Å²) in [6, 6.07) is 12.6. The lowest BCUT2D eigenvalue weighted by Crippen LogP contribution is -2.53. The first kappa shape index (κ1) is 36.9. The van der Waals surface area contributed by atoms with Crippen molar-refractivity contribution in [2.24, 2.45) is 11.8 Å². The van der Waals surface area contributed by atoms with Gasteiger partial charge in [-0.25, -0.2) is 4.39 Å². The maximum absolute atomic E-state index is 17.9. The number of methoxy groups -OCH3 is 2. The van der Waals surface area contributed by atoms with Crippen LogP contribution in [0, 0.1) is 23.2 Å². The van der Waals surface area contributed by atoms with E-state index in [0.29, 0.717) is 48.4 Å². The van der Waals surface area contributed by atoms with Crippen LogP contribution in [0.4, 0.5) is 23.2 Å². The second-order valence-corrected chi connectivity index (χ2v) is 14.6. The summed E-state index contributed by atoms with van der Waals surface area (Å²) in [4.78, 5) is 31.7. The number of carboxylic acids is 1. The Balaban J connectivity index is 1.31. The number of hydrogen-bond acceptors (Lipinski definition) is 7. The van der Waals surface area contributed by atoms with Gasteiger partial charge in [0.05, 0.1) is 37.3 Å². The van der Waals surface area contributed by atoms with Crippen molar-refractivity contribution in [3.05, 3.63) is 59.2 Å². The van der Waals surface area contributed by atoms with Crippen LogP contribution < -0.4 is 9.64 Å². The number of amides is 1. The van der Waals surface area contributed by atoms with Crippen LogP contribution in [0.1, 0.15) is 73.5 Å². The van der Waals surface area contributed by atoms with Gasteiger partial charge in [0.25, 0.3) is 5.91 Å². The van der Waals surface area contributed by atoms with Crippen molar-refractivity contribution in [3.63, 3.8) is 0 Å². The quantitative estimate of drug-likeness (QED) is 0.305. The average molecular weight is 715 g/mol. The number of rotatable bonds is 9. The third kappa shape index (κ3) is 7.54. The highest BCUT2D eigenvalue weighted by molar-refractivity contribution is 5.88. The van der Waals surface area contributed by atoms with E-state index in [1.54, 1.807) is 36.3 Å². The number of hydrogen-bond donors (Lipinski definition) is 1. The van der Waals surface area contributed by atoms with Crippen LogP contribution in [0.15, 0.2) is 42.5 Å². The number of nitrogens with zero attached hydrogens (tertiary/aromatic N) is 4. The molecule has 4 fully saturated rings. The van der Waals surface area contributed by atoms with Gasteiger partial charge in [0.2, 0.25) is 5.67 Å². The summed E-state index contributed by atoms with van der Waals surface area (Å²) in [7, 11) is 3.05. The summed E-state index contributed by atoms with van der Waals surface area (Å²) in [6.45, 7) is 1.03. The van der Waals surface area contributed by atoms with Crippen LogP contribution in [0.5, 0.6) is 5.75 Å². The molecule has 276 valence electrons. The van der Waals surface area contributed by atoms with Crippen LogP contribution in [0.3, 0.4) is 0 Å². The molecule has 1 amide bonds. The molecule has 1 saturated carbocycles. The van der Waals surface area contributed by atoms with Gasteiger partial charge in [-0.05, 0) is 80.3 Å². The van der Waals surface area contributed by atoms with Crippen molar-refractivity contribution < 1.29 is 41.7 Å². The molecule has 0 unspecified atom stereocenters. The number of halogens is 4. The van der Waals surface area contributed by atoms with E-state index in [1.165, 1.54) is 13.2 Å². The Morgan fingerprint density at radius 3 is 2.27 bits per heavy atom. The Kier molecular flexibility index (Phi) is 10.8. The van der Waals surface area contributed by atoms with Crippen molar-refractivity contribution in [2.45, 2.75) is 80.7 Å². The highest BCUT2D eigenvalue weighted by Gasteiger charge is 2.58. The van der Waals surface area contributed by atoms with E-state index in [9.17, 15) is 33.1 Å². The van der Waals surface area contributed by atoms with Crippen LogP contribution >= 0.6 is 0 Å². The van der Waals surface area contributed by atoms with Crippen molar-refractivity contribution in [1.82, 2.24) is 9.80 Å². The molecule has 1 aliphatic carbocycles. The fourth-order valence-electron chi connectivity index (χ4n) is 8.81. The van der Waals surface area contributed by atoms with E-state index in [-0.39, 0.29) is 44.7 Å². The van der Waals surface area contributed by atoms with Gasteiger partial charge in [0, 0.05) is 69.3 Å². The molecule has 2 aromatic carbocycles. The molecular weight excluding hydrogens is 668 g/mol. The van der Waals surface area contributed by atoms with E-state index < -0.39 is 53.1 Å². The van der Waals surface area contributed by atoms with Crippen LogP contribution in [-0.4, -0.2) is 98.1 Å². The lowest BCUT2D eigenvalue weighted by Gasteiger charge is -2.35. The minimum atomic E-state index is -4.58. The van der Waals surface area contributed by atoms with E-state index >= 15 is 4.39 Å². The number of anilines is 1. The minimum Gasteiger partial charge on any atom is -0.497 e. The number of likely N-dealkylation sites (tertiary alicyclic amines) is 2. The van der Waals surface area contributed by atoms with Crippen molar-refractivity contribution >= 4 is 17.6 Å². The van der Waals surface area contributed by atoms with E-state index in [2.05, 4.69) is 11.0 Å². The zero-order chi connectivity index (χ0) is 36.5. The minimum absolute atomic E-state index is 0.0204. The van der Waals surface area contributed by atoms with Crippen molar-refractivity contribution in [2.75, 3.05) is 58.5 Å². The number of ether oxygens (including phenoxy) is 2. The second kappa shape index (κ2) is 15.0. The summed E-state index contributed by atoms with van der Waals surface area (Å²) in [5.41, 5.74) is -1.43. The maximum Gasteiger partial charge on any atom is 0.416 e. The Labute approximate surface area is 296 Å². The first-order valence-corrected chi connectivity index (χ1v) is 17.8. The number of piperidine rings is 1. The molecule has 0 aromatic heterocycles. The monoisotopic (exact) mass is 714 g/mol. The third-order valence-electron chi connectivity index (χ3n) is 11.7. The molecule has 9 nitrogen and oxygen atoms in total. The fraction of sp³-hybridized carbons (Fsp3) is 0.605. The first-order chi connectivity index (χ1) is 24.4. The van der Waals surface area contributed by atoms with Crippen LogP contribution in [0.25, 0.3) is 0 Å². The molecule has 3 heterocycles. The molecule has 0 radical (unpaired) electrons. The van der Waals surface area contributed by atoms with Gasteiger partial charge in [-0.3, -0.25) is 14.5 Å². The Morgan fingerprint density at radius 1 is 1.00 bits per heavy atom. The summed E-state index contributed by atoms with van der Waals surface area (Å²) < 4.78 is 70.6. The Bertz CT molecular complexity index is 1600. The standard InChI is InChI=1S/C38H46F4N4O5/c1-50-22-30-17-27(32-12-7-28(38(40,41)42)18-34(32)44-15-13-26(14-16-44)35(47)48)20-46(30)36(49)37(39)23-45(29-8-3-24(19-43)4-9-29)21-33(37)25-5-10-31(51-2)11-6-25/h5-7,10-12,18,24,26-27,29-30,33H,3-4,8-9,13-17,20-23H2,1-2H3,(H,47,48)/t24?,27-,29?,30+,33+,37+/m1/s1. The average Bonchev–Trinajstić information content (AvgIpc) is 3.72. The molecule has 51 heavy (non-hydrogen) atoms. The molecule has 0 spiro atoms. The molecule has 6 rings (SSSR count). The molecule has 1 N–H and O–H groups in total. The van der Waals surface area contributed by atoms with Gasteiger partial charge in [0.15, 0.2) is 0 Å². The highest BCUT2D eigenvalue weighted by Crippen LogP contribution is 2.47. The lowest BCUT2D eigenvalue weighted by atomic mass is 9.85. The van der Waals surface area contributed by atoms with E-state index in [4.69, 9.17) is 9.47 Å². The summed E-state index contributed by atoms with van der Waals surface area (Å²) >= 11 is 0. The summed E-state index contributed by atoms with van der Waals surface area (Å²) in [5.74, 6) is -2.71. The number of benzene rings is 2. The molecule has 4 aliphatic rings. The van der Waals surface area contributed by atoms with Gasteiger partial charge in [-0.1, -0.05) is 18.2 Å². The number of aliphatic carboxylic acids is 1. The first-order valence-electron chi connectivity index (χ1n) is 17.8. The van der Waals surface area contributed by atoms with Gasteiger partial charge in [-0.2, -0.15) is 18.4 Å². The number of nitriles is 1. The topological polar surface area (TPSA) is 106 Å². The van der Waals surface area contributed by atoms with Gasteiger partial charge in [0.1, 0.15) is 5.75 Å². The summed E-state index contributed by atoms with van der Waals surface area (Å²) in [6.07, 6.45) is -0.656. The molecule has 2 aromatic rings. The lowest BCUT2D eigenvalue weighted by molar-refractivity contribution is -0.146. The SMILES string of the molecule is COC[C@@H]1C[C@@H](c2ccc(C(F)(F)F)cc2N2CCC(C(=O)O)CC2)CN1C(=O)[C@]1(F)CN(C2CCC(C#N)CC2)C[C@H]1c1ccc(OC)cc1. The van der Waals surface area contributed by atoms with Gasteiger partial charge < -0.3 is 24.4 Å². The second-order valence-electron chi connectivity index (χ2n) is 14.6. The van der Waals surface area contributed by atoms with Crippen molar-refractivity contribution in [3.8, 4) is 11.8 Å². The zero-order valence-corrected chi connectivity index (χ0v) is 29.1. The van der Waals surface area contributed by atoms with Gasteiger partial charge >= 0.3 is 12.1 Å². The number of carbonyl (C=O) groups excluding carboxylic acids is 1. The molecule has 4 atom stereocenters. The van der Waals surface area contributed by atoms with E-state index in [0.717, 1.165) is 37.8 Å². The number of carboxylic acid groups (broad SMARTS) is 1.